The van der Waals surface area contributed by atoms with E-state index >= 15 is 0 Å². The number of carbonyl (C=O) groups excluding carboxylic acids is 2. The van der Waals surface area contributed by atoms with E-state index in [1.807, 2.05) is 30.3 Å². The fourth-order valence-electron chi connectivity index (χ4n) is 3.04. The zero-order valence-corrected chi connectivity index (χ0v) is 14.2. The molecule has 1 saturated carbocycles. The predicted molar refractivity (Wildman–Crippen MR) is 92.9 cm³/mol. The van der Waals surface area contributed by atoms with E-state index in [1.54, 1.807) is 0 Å². The van der Waals surface area contributed by atoms with Gasteiger partial charge in [0.1, 0.15) is 5.54 Å². The van der Waals surface area contributed by atoms with E-state index in [2.05, 4.69) is 16.0 Å². The minimum atomic E-state index is -0.899. The summed E-state index contributed by atoms with van der Waals surface area (Å²) in [5.41, 5.74) is 0.0838. The molecule has 0 spiro atoms. The van der Waals surface area contributed by atoms with Gasteiger partial charge in [0.2, 0.25) is 5.91 Å². The molecule has 7 nitrogen and oxygen atoms in total. The van der Waals surface area contributed by atoms with Crippen molar-refractivity contribution in [1.82, 2.24) is 16.0 Å². The van der Waals surface area contributed by atoms with Crippen LogP contribution >= 0.6 is 0 Å². The second kappa shape index (κ2) is 9.05. The van der Waals surface area contributed by atoms with Crippen LogP contribution in [-0.2, 0) is 16.1 Å². The molecule has 0 atom stereocenters. The summed E-state index contributed by atoms with van der Waals surface area (Å²) in [6.45, 7) is 0.684. The van der Waals surface area contributed by atoms with Gasteiger partial charge in [0, 0.05) is 19.5 Å². The Kier molecular flexibility index (Phi) is 6.80. The van der Waals surface area contributed by atoms with Crippen LogP contribution in [0.5, 0.6) is 0 Å². The van der Waals surface area contributed by atoms with Gasteiger partial charge in [-0.3, -0.25) is 9.59 Å². The summed E-state index contributed by atoms with van der Waals surface area (Å²) in [5.74, 6) is -1.12. The molecule has 0 aliphatic heterocycles. The Hall–Kier alpha value is -2.57. The molecule has 0 saturated heterocycles. The Morgan fingerprint density at radius 2 is 1.72 bits per heavy atom. The third kappa shape index (κ3) is 5.77. The van der Waals surface area contributed by atoms with Crippen LogP contribution < -0.4 is 16.0 Å². The zero-order chi connectivity index (χ0) is 18.1. The van der Waals surface area contributed by atoms with Crippen LogP contribution in [0.4, 0.5) is 4.79 Å². The summed E-state index contributed by atoms with van der Waals surface area (Å²) in [6.07, 6.45) is 3.33. The lowest BCUT2D eigenvalue weighted by Crippen LogP contribution is -2.59. The monoisotopic (exact) mass is 347 g/mol. The average Bonchev–Trinajstić information content (AvgIpc) is 3.07. The number of rotatable bonds is 8. The third-order valence-corrected chi connectivity index (χ3v) is 4.39. The second-order valence-electron chi connectivity index (χ2n) is 6.34. The molecule has 136 valence electrons. The standard InChI is InChI=1S/C18H25N3O4/c22-15(23)9-6-12-19-16(24)18(10-4-5-11-18)21-17(25)20-13-14-7-2-1-3-8-14/h1-3,7-8H,4-6,9-13H2,(H,19,24)(H,22,23)(H2,20,21,25). The molecule has 7 heteroatoms. The number of carboxylic acids is 1. The Labute approximate surface area is 147 Å². The van der Waals surface area contributed by atoms with E-state index in [0.29, 0.717) is 32.4 Å². The molecule has 1 aliphatic carbocycles. The molecule has 0 bridgehead atoms. The van der Waals surface area contributed by atoms with Gasteiger partial charge in [0.05, 0.1) is 0 Å². The number of carbonyl (C=O) groups is 3. The first-order chi connectivity index (χ1) is 12.0. The van der Waals surface area contributed by atoms with Crippen molar-refractivity contribution in [2.45, 2.75) is 50.6 Å². The van der Waals surface area contributed by atoms with Crippen molar-refractivity contribution in [2.24, 2.45) is 0 Å². The van der Waals surface area contributed by atoms with Crippen molar-refractivity contribution in [3.63, 3.8) is 0 Å². The molecule has 0 heterocycles. The molecular formula is C18H25N3O4. The quantitative estimate of drug-likeness (QED) is 0.538. The highest BCUT2D eigenvalue weighted by Crippen LogP contribution is 2.29. The van der Waals surface area contributed by atoms with Gasteiger partial charge in [-0.15, -0.1) is 0 Å². The van der Waals surface area contributed by atoms with Crippen LogP contribution in [0.2, 0.25) is 0 Å². The lowest BCUT2D eigenvalue weighted by atomic mass is 9.96. The minimum absolute atomic E-state index is 0.0122. The van der Waals surface area contributed by atoms with Crippen LogP contribution in [0.1, 0.15) is 44.1 Å². The average molecular weight is 347 g/mol. The van der Waals surface area contributed by atoms with Crippen molar-refractivity contribution in [3.05, 3.63) is 35.9 Å². The van der Waals surface area contributed by atoms with Gasteiger partial charge in [-0.25, -0.2) is 4.79 Å². The third-order valence-electron chi connectivity index (χ3n) is 4.39. The molecule has 0 aromatic heterocycles. The highest BCUT2D eigenvalue weighted by Gasteiger charge is 2.42. The van der Waals surface area contributed by atoms with Crippen molar-refractivity contribution in [2.75, 3.05) is 6.54 Å². The predicted octanol–water partition coefficient (Wildman–Crippen LogP) is 1.78. The normalized spacial score (nSPS) is 15.4. The first-order valence-electron chi connectivity index (χ1n) is 8.62. The van der Waals surface area contributed by atoms with Crippen molar-refractivity contribution < 1.29 is 19.5 Å². The second-order valence-corrected chi connectivity index (χ2v) is 6.34. The summed E-state index contributed by atoms with van der Waals surface area (Å²) in [5, 5.41) is 17.0. The maximum Gasteiger partial charge on any atom is 0.315 e. The summed E-state index contributed by atoms with van der Waals surface area (Å²) in [6, 6.07) is 9.18. The fraction of sp³-hybridized carbons (Fsp3) is 0.500. The van der Waals surface area contributed by atoms with Crippen molar-refractivity contribution in [3.8, 4) is 0 Å². The van der Waals surface area contributed by atoms with E-state index in [4.69, 9.17) is 5.11 Å². The van der Waals surface area contributed by atoms with Gasteiger partial charge in [-0.2, -0.15) is 0 Å². The Balaban J connectivity index is 1.84. The number of nitrogens with one attached hydrogen (secondary N) is 3. The molecule has 1 aromatic rings. The highest BCUT2D eigenvalue weighted by atomic mass is 16.4. The van der Waals surface area contributed by atoms with E-state index in [-0.39, 0.29) is 18.4 Å². The maximum atomic E-state index is 12.5. The van der Waals surface area contributed by atoms with Crippen LogP contribution in [0.25, 0.3) is 0 Å². The van der Waals surface area contributed by atoms with Crippen molar-refractivity contribution in [1.29, 1.82) is 0 Å². The molecule has 1 aliphatic rings. The first kappa shape index (κ1) is 18.8. The Bertz CT molecular complexity index is 598. The highest BCUT2D eigenvalue weighted by molar-refractivity contribution is 5.91. The summed E-state index contributed by atoms with van der Waals surface area (Å²) < 4.78 is 0. The molecule has 0 radical (unpaired) electrons. The number of hydrogen-bond acceptors (Lipinski definition) is 3. The van der Waals surface area contributed by atoms with Gasteiger partial charge in [0.15, 0.2) is 0 Å². The van der Waals surface area contributed by atoms with Gasteiger partial charge >= 0.3 is 12.0 Å². The van der Waals surface area contributed by atoms with E-state index < -0.39 is 11.5 Å². The maximum absolute atomic E-state index is 12.5. The van der Waals surface area contributed by atoms with Crippen LogP contribution in [0.15, 0.2) is 30.3 Å². The molecule has 2 rings (SSSR count). The van der Waals surface area contributed by atoms with Crippen LogP contribution in [-0.4, -0.2) is 35.1 Å². The molecule has 4 N–H and O–H groups in total. The number of urea groups is 1. The van der Waals surface area contributed by atoms with Crippen molar-refractivity contribution >= 4 is 17.9 Å². The molecule has 1 fully saturated rings. The van der Waals surface area contributed by atoms with Gasteiger partial charge in [-0.05, 0) is 24.8 Å². The smallest absolute Gasteiger partial charge is 0.315 e. The number of carboxylic acid groups (broad SMARTS) is 1. The summed E-state index contributed by atoms with van der Waals surface area (Å²) >= 11 is 0. The zero-order valence-electron chi connectivity index (χ0n) is 14.2. The minimum Gasteiger partial charge on any atom is -0.481 e. The topological polar surface area (TPSA) is 108 Å². The number of hydrogen-bond donors (Lipinski definition) is 4. The number of amides is 3. The Morgan fingerprint density at radius 3 is 2.36 bits per heavy atom. The lowest BCUT2D eigenvalue weighted by molar-refractivity contribution is -0.137. The van der Waals surface area contributed by atoms with Gasteiger partial charge in [0.25, 0.3) is 0 Å². The number of aliphatic carboxylic acids is 1. The largest absolute Gasteiger partial charge is 0.481 e. The van der Waals surface area contributed by atoms with Gasteiger partial charge < -0.3 is 21.1 Å². The fourth-order valence-corrected chi connectivity index (χ4v) is 3.04. The van der Waals surface area contributed by atoms with Crippen LogP contribution in [0.3, 0.4) is 0 Å². The molecule has 25 heavy (non-hydrogen) atoms. The molecular weight excluding hydrogens is 322 g/mol. The van der Waals surface area contributed by atoms with E-state index in [9.17, 15) is 14.4 Å². The SMILES string of the molecule is O=C(O)CCCNC(=O)C1(NC(=O)NCc2ccccc2)CCCC1. The first-order valence-corrected chi connectivity index (χ1v) is 8.62. The summed E-state index contributed by atoms with van der Waals surface area (Å²) in [7, 11) is 0. The summed E-state index contributed by atoms with van der Waals surface area (Å²) in [4.78, 5) is 35.3. The van der Waals surface area contributed by atoms with E-state index in [1.165, 1.54) is 0 Å². The van der Waals surface area contributed by atoms with E-state index in [0.717, 1.165) is 18.4 Å². The molecule has 1 aromatic carbocycles. The van der Waals surface area contributed by atoms with Gasteiger partial charge in [-0.1, -0.05) is 43.2 Å². The molecule has 3 amide bonds. The van der Waals surface area contributed by atoms with Crippen LogP contribution in [0, 0.1) is 0 Å². The Morgan fingerprint density at radius 1 is 1.04 bits per heavy atom. The lowest BCUT2D eigenvalue weighted by Gasteiger charge is -2.29. The molecule has 0 unspecified atom stereocenters. The number of benzene rings is 1.